The molecular formula is C14H25NO3. The van der Waals surface area contributed by atoms with E-state index in [1.54, 1.807) is 4.90 Å². The highest BCUT2D eigenvalue weighted by Crippen LogP contribution is 2.33. The largest absolute Gasteiger partial charge is 0.444 e. The molecule has 1 amide bonds. The molecule has 1 heterocycles. The molecule has 0 N–H and O–H groups in total. The van der Waals surface area contributed by atoms with E-state index >= 15 is 0 Å². The molecule has 0 aliphatic carbocycles. The molecule has 1 aliphatic heterocycles. The van der Waals surface area contributed by atoms with Gasteiger partial charge in [-0.1, -0.05) is 13.3 Å². The number of rotatable bonds is 4. The average Bonchev–Trinajstić information content (AvgIpc) is 2.18. The summed E-state index contributed by atoms with van der Waals surface area (Å²) >= 11 is 0. The van der Waals surface area contributed by atoms with Gasteiger partial charge < -0.3 is 9.64 Å². The van der Waals surface area contributed by atoms with Crippen molar-refractivity contribution in [2.75, 3.05) is 13.1 Å². The number of amides is 1. The van der Waals surface area contributed by atoms with Crippen LogP contribution in [-0.2, 0) is 9.53 Å². The number of Topliss-reactive ketones (excluding diaryl/α,β-unsaturated/α-hetero) is 1. The number of unbranched alkanes of at least 4 members (excludes halogenated alkanes) is 1. The number of ether oxygens (including phenoxy) is 1. The van der Waals surface area contributed by atoms with Gasteiger partial charge in [0, 0.05) is 19.5 Å². The van der Waals surface area contributed by atoms with Gasteiger partial charge in [-0.15, -0.1) is 0 Å². The molecule has 1 rings (SSSR count). The monoisotopic (exact) mass is 255 g/mol. The summed E-state index contributed by atoms with van der Waals surface area (Å²) in [5.74, 6) is 0.268. The van der Waals surface area contributed by atoms with Gasteiger partial charge in [0.1, 0.15) is 11.4 Å². The zero-order valence-electron chi connectivity index (χ0n) is 12.2. The van der Waals surface area contributed by atoms with Gasteiger partial charge in [0.2, 0.25) is 0 Å². The average molecular weight is 255 g/mol. The van der Waals surface area contributed by atoms with Crippen molar-refractivity contribution in [1.82, 2.24) is 4.90 Å². The summed E-state index contributed by atoms with van der Waals surface area (Å²) in [5.41, 5.74) is -0.832. The highest BCUT2D eigenvalue weighted by molar-refractivity contribution is 5.87. The maximum Gasteiger partial charge on any atom is 0.410 e. The fraction of sp³-hybridized carbons (Fsp3) is 0.857. The smallest absolute Gasteiger partial charge is 0.410 e. The van der Waals surface area contributed by atoms with Gasteiger partial charge in [-0.25, -0.2) is 4.79 Å². The number of nitrogens with zero attached hydrogens (tertiary/aromatic N) is 1. The molecule has 0 unspecified atom stereocenters. The molecule has 104 valence electrons. The molecule has 0 bridgehead atoms. The normalized spacial score (nSPS) is 18.2. The van der Waals surface area contributed by atoms with Crippen LogP contribution in [0.5, 0.6) is 0 Å². The van der Waals surface area contributed by atoms with E-state index in [1.807, 2.05) is 27.7 Å². The number of carbonyl (C=O) groups is 2. The molecule has 0 saturated carbocycles. The lowest BCUT2D eigenvalue weighted by molar-refractivity contribution is -0.136. The van der Waals surface area contributed by atoms with E-state index in [1.165, 1.54) is 0 Å². The summed E-state index contributed by atoms with van der Waals surface area (Å²) in [5, 5.41) is 0. The number of hydrogen-bond donors (Lipinski definition) is 0. The Kier molecular flexibility index (Phi) is 4.41. The number of hydrogen-bond acceptors (Lipinski definition) is 3. The second kappa shape index (κ2) is 5.29. The fourth-order valence-electron chi connectivity index (χ4n) is 2.07. The highest BCUT2D eigenvalue weighted by Gasteiger charge is 2.47. The summed E-state index contributed by atoms with van der Waals surface area (Å²) < 4.78 is 5.27. The van der Waals surface area contributed by atoms with Crippen LogP contribution < -0.4 is 0 Å². The van der Waals surface area contributed by atoms with E-state index < -0.39 is 5.60 Å². The van der Waals surface area contributed by atoms with Crippen LogP contribution in [0.2, 0.25) is 0 Å². The van der Waals surface area contributed by atoms with E-state index in [0.717, 1.165) is 12.8 Å². The minimum Gasteiger partial charge on any atom is -0.444 e. The molecule has 0 spiro atoms. The predicted octanol–water partition coefficient (Wildman–Crippen LogP) is 3.00. The fourth-order valence-corrected chi connectivity index (χ4v) is 2.07. The summed E-state index contributed by atoms with van der Waals surface area (Å²) in [4.78, 5) is 25.3. The first kappa shape index (κ1) is 15.0. The Labute approximate surface area is 110 Å². The van der Waals surface area contributed by atoms with E-state index in [0.29, 0.717) is 19.5 Å². The Hall–Kier alpha value is -1.06. The van der Waals surface area contributed by atoms with Crippen molar-refractivity contribution in [2.45, 2.75) is 59.5 Å². The third kappa shape index (κ3) is 3.72. The SMILES string of the molecule is CCCCC(=O)C1(C)CN(C(=O)OC(C)(C)C)C1. The Bertz CT molecular complexity index is 324. The topological polar surface area (TPSA) is 46.6 Å². The predicted molar refractivity (Wildman–Crippen MR) is 70.4 cm³/mol. The van der Waals surface area contributed by atoms with Gasteiger partial charge in [0.15, 0.2) is 0 Å². The molecule has 0 radical (unpaired) electrons. The van der Waals surface area contributed by atoms with Crippen LogP contribution in [0.3, 0.4) is 0 Å². The van der Waals surface area contributed by atoms with Crippen molar-refractivity contribution in [2.24, 2.45) is 5.41 Å². The molecule has 18 heavy (non-hydrogen) atoms. The van der Waals surface area contributed by atoms with E-state index in [2.05, 4.69) is 6.92 Å². The molecule has 1 aliphatic rings. The van der Waals surface area contributed by atoms with Crippen LogP contribution in [0.25, 0.3) is 0 Å². The minimum atomic E-state index is -0.477. The Morgan fingerprint density at radius 2 is 1.83 bits per heavy atom. The lowest BCUT2D eigenvalue weighted by Gasteiger charge is -2.46. The third-order valence-corrected chi connectivity index (χ3v) is 3.16. The van der Waals surface area contributed by atoms with Crippen molar-refractivity contribution in [3.8, 4) is 0 Å². The van der Waals surface area contributed by atoms with Crippen molar-refractivity contribution in [1.29, 1.82) is 0 Å². The van der Waals surface area contributed by atoms with Crippen molar-refractivity contribution in [3.05, 3.63) is 0 Å². The van der Waals surface area contributed by atoms with Crippen LogP contribution in [0, 0.1) is 5.41 Å². The first-order valence-electron chi connectivity index (χ1n) is 6.69. The van der Waals surface area contributed by atoms with E-state index in [4.69, 9.17) is 4.74 Å². The molecule has 0 atom stereocenters. The zero-order chi connectivity index (χ0) is 14.0. The molecule has 0 aromatic carbocycles. The first-order chi connectivity index (χ1) is 8.18. The molecule has 1 saturated heterocycles. The Morgan fingerprint density at radius 3 is 2.28 bits per heavy atom. The molecule has 0 aromatic rings. The molecule has 1 fully saturated rings. The van der Waals surface area contributed by atoms with Gasteiger partial charge in [0.25, 0.3) is 0 Å². The summed E-state index contributed by atoms with van der Waals surface area (Å²) in [7, 11) is 0. The number of likely N-dealkylation sites (tertiary alicyclic amines) is 1. The van der Waals surface area contributed by atoms with E-state index in [-0.39, 0.29) is 17.3 Å². The Balaban J connectivity index is 2.42. The summed E-state index contributed by atoms with van der Waals surface area (Å²) in [6.07, 6.45) is 2.26. The second-order valence-corrected chi connectivity index (χ2v) is 6.42. The van der Waals surface area contributed by atoms with Gasteiger partial charge in [0.05, 0.1) is 5.41 Å². The molecule has 0 aromatic heterocycles. The first-order valence-corrected chi connectivity index (χ1v) is 6.69. The van der Waals surface area contributed by atoms with E-state index in [9.17, 15) is 9.59 Å². The van der Waals surface area contributed by atoms with Crippen LogP contribution in [0.1, 0.15) is 53.9 Å². The van der Waals surface area contributed by atoms with Gasteiger partial charge in [-0.3, -0.25) is 4.79 Å². The third-order valence-electron chi connectivity index (χ3n) is 3.16. The Morgan fingerprint density at radius 1 is 1.28 bits per heavy atom. The summed E-state index contributed by atoms with van der Waals surface area (Å²) in [6.45, 7) is 10.5. The lowest BCUT2D eigenvalue weighted by atomic mass is 9.76. The minimum absolute atomic E-state index is 0.268. The molecular weight excluding hydrogens is 230 g/mol. The van der Waals surface area contributed by atoms with Crippen LogP contribution >= 0.6 is 0 Å². The van der Waals surface area contributed by atoms with Gasteiger partial charge >= 0.3 is 6.09 Å². The maximum absolute atomic E-state index is 12.0. The summed E-state index contributed by atoms with van der Waals surface area (Å²) in [6, 6.07) is 0. The lowest BCUT2D eigenvalue weighted by Crippen LogP contribution is -2.61. The molecule has 4 heteroatoms. The molecule has 4 nitrogen and oxygen atoms in total. The van der Waals surface area contributed by atoms with Crippen LogP contribution in [-0.4, -0.2) is 35.5 Å². The number of carbonyl (C=O) groups excluding carboxylic acids is 2. The zero-order valence-corrected chi connectivity index (χ0v) is 12.2. The van der Waals surface area contributed by atoms with Gasteiger partial charge in [-0.2, -0.15) is 0 Å². The number of ketones is 1. The van der Waals surface area contributed by atoms with Crippen LogP contribution in [0.4, 0.5) is 4.79 Å². The standard InChI is InChI=1S/C14H25NO3/c1-6-7-8-11(16)14(5)9-15(10-14)12(17)18-13(2,3)4/h6-10H2,1-5H3. The van der Waals surface area contributed by atoms with Crippen LogP contribution in [0.15, 0.2) is 0 Å². The van der Waals surface area contributed by atoms with Crippen molar-refractivity contribution >= 4 is 11.9 Å². The second-order valence-electron chi connectivity index (χ2n) is 6.42. The van der Waals surface area contributed by atoms with Gasteiger partial charge in [-0.05, 0) is 34.1 Å². The van der Waals surface area contributed by atoms with Crippen molar-refractivity contribution in [3.63, 3.8) is 0 Å². The highest BCUT2D eigenvalue weighted by atomic mass is 16.6. The van der Waals surface area contributed by atoms with Crippen molar-refractivity contribution < 1.29 is 14.3 Å². The quantitative estimate of drug-likeness (QED) is 0.775. The maximum atomic E-state index is 12.0.